The predicted molar refractivity (Wildman–Crippen MR) is 40.9 cm³/mol. The highest BCUT2D eigenvalue weighted by atomic mass is 14.6. The molecule has 1 aromatic rings. The molecule has 2 heteroatoms. The van der Waals surface area contributed by atoms with Crippen molar-refractivity contribution in [3.63, 3.8) is 0 Å². The molecule has 4 N–H and O–H groups in total. The monoisotopic (exact) mass is 124 g/mol. The molecule has 0 unspecified atom stereocenters. The van der Waals surface area contributed by atoms with Crippen molar-refractivity contribution in [2.45, 2.75) is 6.54 Å². The normalized spacial score (nSPS) is 9.44. The van der Waals surface area contributed by atoms with Crippen molar-refractivity contribution in [3.8, 4) is 0 Å². The van der Waals surface area contributed by atoms with Gasteiger partial charge in [0.1, 0.15) is 0 Å². The van der Waals surface area contributed by atoms with Crippen molar-refractivity contribution in [2.24, 2.45) is 5.73 Å². The molecule has 0 saturated carbocycles. The highest BCUT2D eigenvalue weighted by Gasteiger charge is 1.90. The van der Waals surface area contributed by atoms with Gasteiger partial charge in [-0.25, -0.2) is 0 Å². The first-order valence-electron chi connectivity index (χ1n) is 2.88. The molecule has 0 spiro atoms. The Bertz CT molecular complexity index is 201. The summed E-state index contributed by atoms with van der Waals surface area (Å²) in [5.74, 6) is 0. The first-order chi connectivity index (χ1) is 4.34. The molecule has 9 heavy (non-hydrogen) atoms. The molecule has 0 aromatic heterocycles. The topological polar surface area (TPSA) is 52.0 Å². The summed E-state index contributed by atoms with van der Waals surface area (Å²) >= 11 is 0. The van der Waals surface area contributed by atoms with Gasteiger partial charge >= 0.3 is 0 Å². The zero-order chi connectivity index (χ0) is 6.69. The van der Waals surface area contributed by atoms with Crippen LogP contribution >= 0.6 is 0 Å². The van der Waals surface area contributed by atoms with E-state index in [1.807, 2.05) is 24.3 Å². The van der Waals surface area contributed by atoms with E-state index in [1.54, 1.807) is 0 Å². The van der Waals surface area contributed by atoms with Crippen molar-refractivity contribution < 1.29 is 1.43 Å². The SMILES string of the molecule is NCc1ccccc1N.[HH]. The molecule has 0 fully saturated rings. The van der Waals surface area contributed by atoms with E-state index in [1.165, 1.54) is 0 Å². The van der Waals surface area contributed by atoms with Gasteiger partial charge in [0.15, 0.2) is 0 Å². The number of rotatable bonds is 1. The number of para-hydroxylation sites is 1. The van der Waals surface area contributed by atoms with Crippen LogP contribution in [-0.4, -0.2) is 0 Å². The fourth-order valence-electron chi connectivity index (χ4n) is 0.720. The largest absolute Gasteiger partial charge is 0.398 e. The van der Waals surface area contributed by atoms with Crippen LogP contribution in [0.25, 0.3) is 0 Å². The Morgan fingerprint density at radius 1 is 1.33 bits per heavy atom. The van der Waals surface area contributed by atoms with E-state index >= 15 is 0 Å². The smallest absolute Gasteiger partial charge is 0.0359 e. The molecule has 50 valence electrons. The van der Waals surface area contributed by atoms with Crippen LogP contribution in [0.3, 0.4) is 0 Å². The fourth-order valence-corrected chi connectivity index (χ4v) is 0.720. The van der Waals surface area contributed by atoms with Gasteiger partial charge in [0.25, 0.3) is 0 Å². The van der Waals surface area contributed by atoms with Crippen LogP contribution < -0.4 is 11.5 Å². The quantitative estimate of drug-likeness (QED) is 0.548. The number of hydrogen-bond donors (Lipinski definition) is 2. The van der Waals surface area contributed by atoms with Gasteiger partial charge in [-0.15, -0.1) is 0 Å². The van der Waals surface area contributed by atoms with E-state index in [-0.39, 0.29) is 1.43 Å². The fraction of sp³-hybridized carbons (Fsp3) is 0.143. The Kier molecular flexibility index (Phi) is 1.70. The number of benzene rings is 1. The first-order valence-corrected chi connectivity index (χ1v) is 2.88. The van der Waals surface area contributed by atoms with Crippen molar-refractivity contribution in [2.75, 3.05) is 5.73 Å². The van der Waals surface area contributed by atoms with Gasteiger partial charge in [-0.1, -0.05) is 18.2 Å². The highest BCUT2D eigenvalue weighted by molar-refractivity contribution is 5.45. The predicted octanol–water partition coefficient (Wildman–Crippen LogP) is 0.974. The maximum absolute atomic E-state index is 5.55. The lowest BCUT2D eigenvalue weighted by atomic mass is 10.2. The van der Waals surface area contributed by atoms with Crippen LogP contribution in [0.15, 0.2) is 24.3 Å². The minimum atomic E-state index is 0. The van der Waals surface area contributed by atoms with Gasteiger partial charge in [0.05, 0.1) is 0 Å². The summed E-state index contributed by atoms with van der Waals surface area (Å²) in [4.78, 5) is 0. The number of nitrogen functional groups attached to an aromatic ring is 1. The molecule has 0 atom stereocenters. The maximum Gasteiger partial charge on any atom is 0.0359 e. The van der Waals surface area contributed by atoms with Crippen LogP contribution in [0.4, 0.5) is 5.69 Å². The van der Waals surface area contributed by atoms with Crippen molar-refractivity contribution in [3.05, 3.63) is 29.8 Å². The number of hydrogen-bond acceptors (Lipinski definition) is 2. The highest BCUT2D eigenvalue weighted by Crippen LogP contribution is 2.07. The maximum atomic E-state index is 5.55. The molecule has 0 amide bonds. The van der Waals surface area contributed by atoms with Gasteiger partial charge in [0, 0.05) is 13.7 Å². The lowest BCUT2D eigenvalue weighted by molar-refractivity contribution is 1.08. The summed E-state index contributed by atoms with van der Waals surface area (Å²) in [7, 11) is 0. The van der Waals surface area contributed by atoms with Crippen LogP contribution in [0.5, 0.6) is 0 Å². The molecular formula is C7H12N2. The second-order valence-electron chi connectivity index (χ2n) is 1.90. The molecule has 0 aliphatic rings. The molecular weight excluding hydrogens is 112 g/mol. The zero-order valence-electron chi connectivity index (χ0n) is 5.17. The summed E-state index contributed by atoms with van der Waals surface area (Å²) in [6.45, 7) is 0.521. The third kappa shape index (κ3) is 1.21. The molecule has 1 rings (SSSR count). The summed E-state index contributed by atoms with van der Waals surface area (Å²) in [5, 5.41) is 0. The molecule has 2 nitrogen and oxygen atoms in total. The lowest BCUT2D eigenvalue weighted by Crippen LogP contribution is -2.00. The van der Waals surface area contributed by atoms with Gasteiger partial charge in [-0.3, -0.25) is 0 Å². The van der Waals surface area contributed by atoms with Crippen LogP contribution in [0.1, 0.15) is 6.99 Å². The Labute approximate surface area is 56.0 Å². The Hall–Kier alpha value is -1.02. The Morgan fingerprint density at radius 2 is 2.00 bits per heavy atom. The van der Waals surface area contributed by atoms with E-state index in [9.17, 15) is 0 Å². The average molecular weight is 124 g/mol. The Morgan fingerprint density at radius 3 is 2.44 bits per heavy atom. The van der Waals surface area contributed by atoms with Crippen LogP contribution in [0.2, 0.25) is 0 Å². The molecule has 0 bridgehead atoms. The summed E-state index contributed by atoms with van der Waals surface area (Å²) in [6, 6.07) is 7.60. The molecule has 0 aliphatic heterocycles. The minimum Gasteiger partial charge on any atom is -0.398 e. The van der Waals surface area contributed by atoms with E-state index in [4.69, 9.17) is 11.5 Å². The van der Waals surface area contributed by atoms with Gasteiger partial charge in [-0.05, 0) is 11.6 Å². The van der Waals surface area contributed by atoms with Crippen LogP contribution in [0, 0.1) is 0 Å². The van der Waals surface area contributed by atoms with E-state index in [0.717, 1.165) is 11.3 Å². The molecule has 1 aromatic carbocycles. The molecule has 0 radical (unpaired) electrons. The Balaban J connectivity index is 0.000000810. The molecule has 0 aliphatic carbocycles. The second-order valence-corrected chi connectivity index (χ2v) is 1.90. The van der Waals surface area contributed by atoms with Crippen LogP contribution in [-0.2, 0) is 6.54 Å². The van der Waals surface area contributed by atoms with Crippen molar-refractivity contribution >= 4 is 5.69 Å². The van der Waals surface area contributed by atoms with E-state index < -0.39 is 0 Å². The first kappa shape index (κ1) is 6.11. The zero-order valence-corrected chi connectivity index (χ0v) is 5.17. The van der Waals surface area contributed by atoms with Gasteiger partial charge in [-0.2, -0.15) is 0 Å². The average Bonchev–Trinajstić information content (AvgIpc) is 1.89. The third-order valence-electron chi connectivity index (χ3n) is 1.28. The molecule has 0 saturated heterocycles. The van der Waals surface area contributed by atoms with Gasteiger partial charge < -0.3 is 11.5 Å². The van der Waals surface area contributed by atoms with E-state index in [2.05, 4.69) is 0 Å². The second kappa shape index (κ2) is 2.51. The van der Waals surface area contributed by atoms with E-state index in [0.29, 0.717) is 6.54 Å². The third-order valence-corrected chi connectivity index (χ3v) is 1.28. The summed E-state index contributed by atoms with van der Waals surface area (Å²) in [6.07, 6.45) is 0. The summed E-state index contributed by atoms with van der Waals surface area (Å²) in [5.41, 5.74) is 12.7. The number of anilines is 1. The lowest BCUT2D eigenvalue weighted by Gasteiger charge is -1.98. The van der Waals surface area contributed by atoms with Crippen molar-refractivity contribution in [1.82, 2.24) is 0 Å². The standard InChI is InChI=1S/C7H10N2.H2/c8-5-6-3-1-2-4-7(6)9;/h1-4H,5,8-9H2;1H. The van der Waals surface area contributed by atoms with Crippen molar-refractivity contribution in [1.29, 1.82) is 0 Å². The minimum absolute atomic E-state index is 0. The summed E-state index contributed by atoms with van der Waals surface area (Å²) < 4.78 is 0. The molecule has 0 heterocycles. The number of nitrogens with two attached hydrogens (primary N) is 2. The van der Waals surface area contributed by atoms with Gasteiger partial charge in [0.2, 0.25) is 0 Å².